The van der Waals surface area contributed by atoms with E-state index in [0.29, 0.717) is 0 Å². The van der Waals surface area contributed by atoms with Gasteiger partial charge < -0.3 is 4.74 Å². The van der Waals surface area contributed by atoms with Crippen molar-refractivity contribution >= 4 is 7.28 Å². The predicted octanol–water partition coefficient (Wildman–Crippen LogP) is 1.19. The molecule has 7 heavy (non-hydrogen) atoms. The second kappa shape index (κ2) is 6.02. The second-order valence-electron chi connectivity index (χ2n) is 1.48. The Morgan fingerprint density at radius 2 is 2.29 bits per heavy atom. The molecule has 0 unspecified atom stereocenters. The summed E-state index contributed by atoms with van der Waals surface area (Å²) in [5, 5.41) is 0. The first-order chi connectivity index (χ1) is 3.41. The Morgan fingerprint density at radius 3 is 2.71 bits per heavy atom. The van der Waals surface area contributed by atoms with E-state index in [1.54, 1.807) is 7.11 Å². The van der Waals surface area contributed by atoms with Crippen LogP contribution in [0.15, 0.2) is 0 Å². The highest BCUT2D eigenvalue weighted by Crippen LogP contribution is 1.82. The SMILES string of the molecule is CC[B]CCOC. The summed E-state index contributed by atoms with van der Waals surface area (Å²) < 4.78 is 4.81. The standard InChI is InChI=1S/C5H12BO/c1-3-6-4-5-7-2/h3-5H2,1-2H3. The van der Waals surface area contributed by atoms with Gasteiger partial charge in [-0.15, -0.1) is 0 Å². The van der Waals surface area contributed by atoms with Crippen molar-refractivity contribution in [2.24, 2.45) is 0 Å². The summed E-state index contributed by atoms with van der Waals surface area (Å²) in [4.78, 5) is 0. The molecule has 0 N–H and O–H groups in total. The van der Waals surface area contributed by atoms with Gasteiger partial charge in [-0.3, -0.25) is 0 Å². The van der Waals surface area contributed by atoms with E-state index in [1.165, 1.54) is 0 Å². The molecule has 1 nitrogen and oxygen atoms in total. The van der Waals surface area contributed by atoms with E-state index in [2.05, 4.69) is 14.2 Å². The van der Waals surface area contributed by atoms with Gasteiger partial charge in [0.1, 0.15) is 7.28 Å². The fraction of sp³-hybridized carbons (Fsp3) is 1.00. The third-order valence-electron chi connectivity index (χ3n) is 0.815. The Balaban J connectivity index is 2.45. The van der Waals surface area contributed by atoms with Gasteiger partial charge in [0.2, 0.25) is 0 Å². The van der Waals surface area contributed by atoms with Gasteiger partial charge in [-0.2, -0.15) is 0 Å². The number of methoxy groups -OCH3 is 1. The Bertz CT molecular complexity index is 27.3. The summed E-state index contributed by atoms with van der Waals surface area (Å²) in [6.45, 7) is 3.00. The van der Waals surface area contributed by atoms with E-state index in [1.807, 2.05) is 0 Å². The molecule has 0 fully saturated rings. The van der Waals surface area contributed by atoms with Crippen molar-refractivity contribution in [1.29, 1.82) is 0 Å². The summed E-state index contributed by atoms with van der Waals surface area (Å²) in [6, 6.07) is 0. The lowest BCUT2D eigenvalue weighted by Crippen LogP contribution is -1.92. The minimum atomic E-state index is 0.869. The molecule has 1 radical (unpaired) electrons. The Labute approximate surface area is 46.3 Å². The quantitative estimate of drug-likeness (QED) is 0.380. The van der Waals surface area contributed by atoms with Gasteiger partial charge in [0.25, 0.3) is 0 Å². The zero-order valence-corrected chi connectivity index (χ0v) is 5.11. The molecular weight excluding hydrogens is 86.9 g/mol. The molecule has 0 amide bonds. The molecule has 0 aromatic carbocycles. The van der Waals surface area contributed by atoms with Crippen LogP contribution in [0.2, 0.25) is 12.6 Å². The number of hydrogen-bond acceptors (Lipinski definition) is 1. The summed E-state index contributed by atoms with van der Waals surface area (Å²) >= 11 is 0. The Kier molecular flexibility index (Phi) is 6.05. The third kappa shape index (κ3) is 6.02. The summed E-state index contributed by atoms with van der Waals surface area (Å²) in [7, 11) is 3.94. The minimum Gasteiger partial charge on any atom is -0.385 e. The van der Waals surface area contributed by atoms with Crippen molar-refractivity contribution < 1.29 is 4.74 Å². The molecule has 0 rings (SSSR count). The van der Waals surface area contributed by atoms with Crippen LogP contribution >= 0.6 is 0 Å². The van der Waals surface area contributed by atoms with Crippen molar-refractivity contribution in [3.05, 3.63) is 0 Å². The molecule has 0 aromatic rings. The van der Waals surface area contributed by atoms with Gasteiger partial charge in [-0.25, -0.2) is 0 Å². The van der Waals surface area contributed by atoms with E-state index in [4.69, 9.17) is 4.74 Å². The van der Waals surface area contributed by atoms with Crippen LogP contribution < -0.4 is 0 Å². The van der Waals surface area contributed by atoms with E-state index in [0.717, 1.165) is 19.2 Å². The van der Waals surface area contributed by atoms with Crippen LogP contribution in [-0.4, -0.2) is 21.0 Å². The Hall–Kier alpha value is 0.0249. The summed E-state index contributed by atoms with van der Waals surface area (Å²) in [5.74, 6) is 0. The lowest BCUT2D eigenvalue weighted by atomic mass is 9.72. The minimum absolute atomic E-state index is 0.869. The highest BCUT2D eigenvalue weighted by atomic mass is 16.5. The highest BCUT2D eigenvalue weighted by molar-refractivity contribution is 6.35. The van der Waals surface area contributed by atoms with Crippen molar-refractivity contribution in [3.63, 3.8) is 0 Å². The first kappa shape index (κ1) is 7.02. The largest absolute Gasteiger partial charge is 0.385 e. The van der Waals surface area contributed by atoms with Crippen LogP contribution in [0.1, 0.15) is 6.92 Å². The zero-order chi connectivity index (χ0) is 5.54. The van der Waals surface area contributed by atoms with Crippen LogP contribution in [0, 0.1) is 0 Å². The van der Waals surface area contributed by atoms with Gasteiger partial charge in [0, 0.05) is 13.7 Å². The molecule has 41 valence electrons. The first-order valence-corrected chi connectivity index (χ1v) is 2.72. The van der Waals surface area contributed by atoms with Crippen molar-refractivity contribution in [1.82, 2.24) is 0 Å². The van der Waals surface area contributed by atoms with E-state index < -0.39 is 0 Å². The summed E-state index contributed by atoms with van der Waals surface area (Å²) in [6.07, 6.45) is 2.25. The molecule has 0 spiro atoms. The maximum atomic E-state index is 4.81. The maximum absolute atomic E-state index is 4.81. The topological polar surface area (TPSA) is 9.23 Å². The lowest BCUT2D eigenvalue weighted by molar-refractivity contribution is 0.215. The molecule has 0 aliphatic heterocycles. The van der Waals surface area contributed by atoms with E-state index in [9.17, 15) is 0 Å². The fourth-order valence-corrected chi connectivity index (χ4v) is 0.405. The third-order valence-corrected chi connectivity index (χ3v) is 0.815. The average molecular weight is 99.0 g/mol. The van der Waals surface area contributed by atoms with Crippen LogP contribution in [0.5, 0.6) is 0 Å². The molecule has 2 heteroatoms. The lowest BCUT2D eigenvalue weighted by Gasteiger charge is -1.91. The van der Waals surface area contributed by atoms with Crippen molar-refractivity contribution in [2.45, 2.75) is 19.6 Å². The van der Waals surface area contributed by atoms with E-state index >= 15 is 0 Å². The molecule has 0 aliphatic rings. The van der Waals surface area contributed by atoms with Gasteiger partial charge in [-0.1, -0.05) is 19.6 Å². The Morgan fingerprint density at radius 1 is 1.57 bits per heavy atom. The predicted molar refractivity (Wildman–Crippen MR) is 32.9 cm³/mol. The maximum Gasteiger partial charge on any atom is 0.112 e. The molecular formula is C5H12BO. The smallest absolute Gasteiger partial charge is 0.112 e. The molecule has 0 aliphatic carbocycles. The summed E-state index contributed by atoms with van der Waals surface area (Å²) in [5.41, 5.74) is 0. The van der Waals surface area contributed by atoms with Crippen molar-refractivity contribution in [2.75, 3.05) is 13.7 Å². The van der Waals surface area contributed by atoms with Gasteiger partial charge in [0.15, 0.2) is 0 Å². The molecule has 0 bridgehead atoms. The second-order valence-corrected chi connectivity index (χ2v) is 1.48. The van der Waals surface area contributed by atoms with Crippen LogP contribution in [-0.2, 0) is 4.74 Å². The molecule has 0 heterocycles. The molecule has 0 saturated heterocycles. The fourth-order valence-electron chi connectivity index (χ4n) is 0.405. The molecule has 0 aromatic heterocycles. The van der Waals surface area contributed by atoms with Crippen LogP contribution in [0.4, 0.5) is 0 Å². The number of hydrogen-bond donors (Lipinski definition) is 0. The first-order valence-electron chi connectivity index (χ1n) is 2.72. The van der Waals surface area contributed by atoms with Gasteiger partial charge >= 0.3 is 0 Å². The molecule has 0 saturated carbocycles. The van der Waals surface area contributed by atoms with E-state index in [-0.39, 0.29) is 0 Å². The zero-order valence-electron chi connectivity index (χ0n) is 5.11. The number of ether oxygens (including phenoxy) is 1. The number of rotatable bonds is 4. The van der Waals surface area contributed by atoms with Gasteiger partial charge in [0.05, 0.1) is 0 Å². The van der Waals surface area contributed by atoms with Crippen LogP contribution in [0.25, 0.3) is 0 Å². The normalized spacial score (nSPS) is 8.86. The molecule has 0 atom stereocenters. The monoisotopic (exact) mass is 99.1 g/mol. The van der Waals surface area contributed by atoms with Crippen molar-refractivity contribution in [3.8, 4) is 0 Å². The average Bonchev–Trinajstić information content (AvgIpc) is 1.69. The van der Waals surface area contributed by atoms with Gasteiger partial charge in [-0.05, 0) is 0 Å². The van der Waals surface area contributed by atoms with Crippen LogP contribution in [0.3, 0.4) is 0 Å². The highest BCUT2D eigenvalue weighted by Gasteiger charge is 1.82.